The van der Waals surface area contributed by atoms with Crippen LogP contribution < -0.4 is 5.32 Å². The summed E-state index contributed by atoms with van der Waals surface area (Å²) in [6.07, 6.45) is 1.75. The van der Waals surface area contributed by atoms with Gasteiger partial charge in [-0.3, -0.25) is 4.98 Å². The SMILES string of the molecule is CCNCc1c(C)nc(-c2ncccc2Br)nc1C. The highest BCUT2D eigenvalue weighted by Gasteiger charge is 2.12. The van der Waals surface area contributed by atoms with Crippen molar-refractivity contribution in [1.29, 1.82) is 0 Å². The van der Waals surface area contributed by atoms with Crippen LogP contribution in [-0.2, 0) is 6.54 Å². The smallest absolute Gasteiger partial charge is 0.179 e. The first kappa shape index (κ1) is 14.1. The highest BCUT2D eigenvalue weighted by Crippen LogP contribution is 2.24. The van der Waals surface area contributed by atoms with Gasteiger partial charge in [0, 0.05) is 34.2 Å². The van der Waals surface area contributed by atoms with Gasteiger partial charge in [-0.2, -0.15) is 0 Å². The summed E-state index contributed by atoms with van der Waals surface area (Å²) in [6, 6.07) is 3.83. The lowest BCUT2D eigenvalue weighted by Crippen LogP contribution is -2.15. The highest BCUT2D eigenvalue weighted by molar-refractivity contribution is 9.10. The number of nitrogens with zero attached hydrogens (tertiary/aromatic N) is 3. The third-order valence-electron chi connectivity index (χ3n) is 2.94. The van der Waals surface area contributed by atoms with E-state index in [0.717, 1.165) is 40.2 Å². The van der Waals surface area contributed by atoms with Crippen LogP contribution in [-0.4, -0.2) is 21.5 Å². The Morgan fingerprint density at radius 2 is 1.89 bits per heavy atom. The number of aromatic nitrogens is 3. The van der Waals surface area contributed by atoms with Crippen LogP contribution in [0.5, 0.6) is 0 Å². The lowest BCUT2D eigenvalue weighted by atomic mass is 10.1. The molecular weight excluding hydrogens is 304 g/mol. The first-order valence-corrected chi connectivity index (χ1v) is 7.08. The molecule has 0 spiro atoms. The molecule has 0 aromatic carbocycles. The second-order valence-electron chi connectivity index (χ2n) is 4.31. The van der Waals surface area contributed by atoms with Crippen molar-refractivity contribution in [2.24, 2.45) is 0 Å². The number of nitrogens with one attached hydrogen (secondary N) is 1. The molecule has 0 saturated heterocycles. The molecule has 2 heterocycles. The Labute approximate surface area is 121 Å². The van der Waals surface area contributed by atoms with Crippen LogP contribution in [0, 0.1) is 13.8 Å². The molecule has 100 valence electrons. The number of hydrogen-bond acceptors (Lipinski definition) is 4. The Morgan fingerprint density at radius 1 is 1.21 bits per heavy atom. The quantitative estimate of drug-likeness (QED) is 0.940. The minimum atomic E-state index is 0.669. The molecule has 2 aromatic heterocycles. The molecule has 0 bridgehead atoms. The van der Waals surface area contributed by atoms with Gasteiger partial charge in [0.15, 0.2) is 5.82 Å². The monoisotopic (exact) mass is 320 g/mol. The molecule has 0 atom stereocenters. The maximum Gasteiger partial charge on any atom is 0.179 e. The fraction of sp³-hybridized carbons (Fsp3) is 0.357. The lowest BCUT2D eigenvalue weighted by Gasteiger charge is -2.11. The average molecular weight is 321 g/mol. The van der Waals surface area contributed by atoms with Crippen molar-refractivity contribution in [3.8, 4) is 11.5 Å². The molecule has 19 heavy (non-hydrogen) atoms. The zero-order valence-corrected chi connectivity index (χ0v) is 13.0. The van der Waals surface area contributed by atoms with Crippen molar-refractivity contribution in [1.82, 2.24) is 20.3 Å². The van der Waals surface area contributed by atoms with Gasteiger partial charge in [-0.15, -0.1) is 0 Å². The average Bonchev–Trinajstić information content (AvgIpc) is 2.38. The molecule has 1 N–H and O–H groups in total. The minimum absolute atomic E-state index is 0.669. The van der Waals surface area contributed by atoms with E-state index < -0.39 is 0 Å². The van der Waals surface area contributed by atoms with Gasteiger partial charge in [0.25, 0.3) is 0 Å². The molecule has 2 rings (SSSR count). The van der Waals surface area contributed by atoms with Gasteiger partial charge in [0.2, 0.25) is 0 Å². The number of aryl methyl sites for hydroxylation is 2. The van der Waals surface area contributed by atoms with Crippen LogP contribution in [0.15, 0.2) is 22.8 Å². The first-order valence-electron chi connectivity index (χ1n) is 6.29. The summed E-state index contributed by atoms with van der Waals surface area (Å²) in [5.74, 6) is 0.669. The maximum absolute atomic E-state index is 4.57. The second-order valence-corrected chi connectivity index (χ2v) is 5.17. The molecular formula is C14H17BrN4. The van der Waals surface area contributed by atoms with E-state index in [-0.39, 0.29) is 0 Å². The highest BCUT2D eigenvalue weighted by atomic mass is 79.9. The number of pyridine rings is 1. The third kappa shape index (κ3) is 3.16. The minimum Gasteiger partial charge on any atom is -0.313 e. The largest absolute Gasteiger partial charge is 0.313 e. The van der Waals surface area contributed by atoms with Gasteiger partial charge < -0.3 is 5.32 Å². The predicted molar refractivity (Wildman–Crippen MR) is 79.8 cm³/mol. The molecule has 0 aliphatic heterocycles. The first-order chi connectivity index (χ1) is 9.13. The van der Waals surface area contributed by atoms with Crippen molar-refractivity contribution in [3.63, 3.8) is 0 Å². The molecule has 0 saturated carbocycles. The van der Waals surface area contributed by atoms with Crippen molar-refractivity contribution in [3.05, 3.63) is 39.8 Å². The van der Waals surface area contributed by atoms with Gasteiger partial charge in [-0.05, 0) is 48.5 Å². The Morgan fingerprint density at radius 3 is 2.47 bits per heavy atom. The maximum atomic E-state index is 4.57. The van der Waals surface area contributed by atoms with Gasteiger partial charge in [-0.25, -0.2) is 9.97 Å². The predicted octanol–water partition coefficient (Wildman–Crippen LogP) is 3.03. The van der Waals surface area contributed by atoms with Crippen LogP contribution in [0.4, 0.5) is 0 Å². The van der Waals surface area contributed by atoms with E-state index in [1.54, 1.807) is 6.20 Å². The molecule has 0 fully saturated rings. The van der Waals surface area contributed by atoms with Crippen molar-refractivity contribution in [2.75, 3.05) is 6.54 Å². The summed E-state index contributed by atoms with van der Waals surface area (Å²) >= 11 is 3.49. The van der Waals surface area contributed by atoms with E-state index in [4.69, 9.17) is 0 Å². The Balaban J connectivity index is 2.43. The second kappa shape index (κ2) is 6.21. The Hall–Kier alpha value is -1.33. The van der Waals surface area contributed by atoms with Crippen LogP contribution in [0.2, 0.25) is 0 Å². The van der Waals surface area contributed by atoms with Gasteiger partial charge >= 0.3 is 0 Å². The summed E-state index contributed by atoms with van der Waals surface area (Å²) in [5, 5.41) is 3.31. The zero-order chi connectivity index (χ0) is 13.8. The molecule has 0 amide bonds. The van der Waals surface area contributed by atoms with Gasteiger partial charge in [0.1, 0.15) is 5.69 Å². The lowest BCUT2D eigenvalue weighted by molar-refractivity contribution is 0.711. The summed E-state index contributed by atoms with van der Waals surface area (Å²) < 4.78 is 0.910. The van der Waals surface area contributed by atoms with Crippen molar-refractivity contribution >= 4 is 15.9 Å². The summed E-state index contributed by atoms with van der Waals surface area (Å²) in [4.78, 5) is 13.5. The number of rotatable bonds is 4. The van der Waals surface area contributed by atoms with Crippen molar-refractivity contribution < 1.29 is 0 Å². The van der Waals surface area contributed by atoms with E-state index in [9.17, 15) is 0 Å². The van der Waals surface area contributed by atoms with Crippen LogP contribution in [0.25, 0.3) is 11.5 Å². The molecule has 5 heteroatoms. The standard InChI is InChI=1S/C14H17BrN4/c1-4-16-8-11-9(2)18-14(19-10(11)3)13-12(15)6-5-7-17-13/h5-7,16H,4,8H2,1-3H3. The van der Waals surface area contributed by atoms with E-state index in [0.29, 0.717) is 5.82 Å². The molecule has 0 aliphatic carbocycles. The van der Waals surface area contributed by atoms with Crippen LogP contribution in [0.3, 0.4) is 0 Å². The van der Waals surface area contributed by atoms with E-state index in [2.05, 4.69) is 43.1 Å². The Kier molecular flexibility index (Phi) is 4.61. The van der Waals surface area contributed by atoms with E-state index >= 15 is 0 Å². The molecule has 0 aliphatic rings. The summed E-state index contributed by atoms with van der Waals surface area (Å²) in [5.41, 5.74) is 3.95. The summed E-state index contributed by atoms with van der Waals surface area (Å²) in [6.45, 7) is 7.86. The van der Waals surface area contributed by atoms with Gasteiger partial charge in [-0.1, -0.05) is 6.92 Å². The fourth-order valence-electron chi connectivity index (χ4n) is 1.90. The molecule has 0 unspecified atom stereocenters. The zero-order valence-electron chi connectivity index (χ0n) is 11.4. The summed E-state index contributed by atoms with van der Waals surface area (Å²) in [7, 11) is 0. The van der Waals surface area contributed by atoms with Crippen LogP contribution in [0.1, 0.15) is 23.9 Å². The van der Waals surface area contributed by atoms with Crippen LogP contribution >= 0.6 is 15.9 Å². The molecule has 4 nitrogen and oxygen atoms in total. The Bertz CT molecular complexity index is 560. The van der Waals surface area contributed by atoms with Gasteiger partial charge in [0.05, 0.1) is 0 Å². The number of hydrogen-bond donors (Lipinski definition) is 1. The van der Waals surface area contributed by atoms with E-state index in [1.165, 1.54) is 0 Å². The molecule has 2 aromatic rings. The number of halogens is 1. The fourth-order valence-corrected chi connectivity index (χ4v) is 2.33. The topological polar surface area (TPSA) is 50.7 Å². The molecule has 0 radical (unpaired) electrons. The van der Waals surface area contributed by atoms with E-state index in [1.807, 2.05) is 26.0 Å². The normalized spacial score (nSPS) is 10.7. The third-order valence-corrected chi connectivity index (χ3v) is 3.58. The van der Waals surface area contributed by atoms with Crippen molar-refractivity contribution in [2.45, 2.75) is 27.3 Å².